The molecule has 0 saturated heterocycles. The molecular weight excluding hydrogens is 450 g/mol. The van der Waals surface area contributed by atoms with Gasteiger partial charge in [-0.3, -0.25) is 14.4 Å². The minimum absolute atomic E-state index is 0.0190. The van der Waals surface area contributed by atoms with E-state index in [-0.39, 0.29) is 63.8 Å². The van der Waals surface area contributed by atoms with Crippen molar-refractivity contribution >= 4 is 35.0 Å². The van der Waals surface area contributed by atoms with E-state index in [9.17, 15) is 18.8 Å². The Balaban J connectivity index is 1.18. The summed E-state index contributed by atoms with van der Waals surface area (Å²) in [5.41, 5.74) is -1.02. The Hall–Kier alpha value is -2.65. The zero-order valence-corrected chi connectivity index (χ0v) is 17.8. The molecule has 0 unspecified atom stereocenters. The lowest BCUT2D eigenvalue weighted by Crippen LogP contribution is -2.84. The SMILES string of the molecule is O=C(CCn1ncc(Cl)cc1=O)NC12CC(NC(=O)COc3ccc(Cl)c(F)c3)(C1)C2. The molecule has 31 heavy (non-hydrogen) atoms. The minimum atomic E-state index is -0.617. The topological polar surface area (TPSA) is 102 Å². The number of aryl methyl sites for hydroxylation is 1. The van der Waals surface area contributed by atoms with Gasteiger partial charge >= 0.3 is 0 Å². The van der Waals surface area contributed by atoms with Crippen LogP contribution in [0.15, 0.2) is 35.3 Å². The molecule has 3 fully saturated rings. The summed E-state index contributed by atoms with van der Waals surface area (Å²) < 4.78 is 19.9. The highest BCUT2D eigenvalue weighted by Crippen LogP contribution is 2.60. The molecule has 2 bridgehead atoms. The summed E-state index contributed by atoms with van der Waals surface area (Å²) in [6, 6.07) is 5.21. The van der Waals surface area contributed by atoms with Crippen molar-refractivity contribution in [2.75, 3.05) is 6.61 Å². The highest BCUT2D eigenvalue weighted by atomic mass is 35.5. The molecule has 0 atom stereocenters. The van der Waals surface area contributed by atoms with E-state index in [1.54, 1.807) is 0 Å². The van der Waals surface area contributed by atoms with Gasteiger partial charge in [0.1, 0.15) is 11.6 Å². The van der Waals surface area contributed by atoms with Gasteiger partial charge in [0.25, 0.3) is 11.5 Å². The second-order valence-electron chi connectivity index (χ2n) is 8.04. The maximum absolute atomic E-state index is 13.4. The molecule has 3 aliphatic rings. The third-order valence-electron chi connectivity index (χ3n) is 5.49. The number of aromatic nitrogens is 2. The molecular formula is C20H19Cl2FN4O4. The Bertz CT molecular complexity index is 1090. The van der Waals surface area contributed by atoms with E-state index in [1.165, 1.54) is 29.1 Å². The summed E-state index contributed by atoms with van der Waals surface area (Å²) in [6.45, 7) is -0.0898. The third kappa shape index (κ3) is 4.67. The van der Waals surface area contributed by atoms with Crippen LogP contribution in [0, 0.1) is 5.82 Å². The number of amides is 2. The molecule has 1 heterocycles. The first-order valence-electron chi connectivity index (χ1n) is 9.60. The number of carbonyl (C=O) groups is 2. The average molecular weight is 469 g/mol. The van der Waals surface area contributed by atoms with Crippen molar-refractivity contribution < 1.29 is 18.7 Å². The summed E-state index contributed by atoms with van der Waals surface area (Å²) >= 11 is 11.3. The van der Waals surface area contributed by atoms with Gasteiger partial charge in [0.15, 0.2) is 6.61 Å². The van der Waals surface area contributed by atoms with Crippen LogP contribution in [0.2, 0.25) is 10.0 Å². The molecule has 2 amide bonds. The van der Waals surface area contributed by atoms with E-state index in [0.717, 1.165) is 6.07 Å². The average Bonchev–Trinajstić information content (AvgIpc) is 2.65. The summed E-state index contributed by atoms with van der Waals surface area (Å²) in [7, 11) is 0. The van der Waals surface area contributed by atoms with Gasteiger partial charge in [-0.05, 0) is 31.4 Å². The summed E-state index contributed by atoms with van der Waals surface area (Å²) in [5, 5.41) is 10.0. The quantitative estimate of drug-likeness (QED) is 0.617. The van der Waals surface area contributed by atoms with Crippen molar-refractivity contribution in [1.82, 2.24) is 20.4 Å². The maximum Gasteiger partial charge on any atom is 0.268 e. The molecule has 5 rings (SSSR count). The number of benzene rings is 1. The standard InChI is InChI=1S/C20H19Cl2FN4O4/c21-12-5-18(30)27(24-7-12)4-3-16(28)25-19-9-20(10-19,11-19)26-17(29)8-31-13-1-2-14(22)15(23)6-13/h1-2,5-7H,3-4,8-11H2,(H,25,28)(H,26,29). The Kier molecular flexibility index (Phi) is 5.65. The van der Waals surface area contributed by atoms with E-state index in [2.05, 4.69) is 15.7 Å². The first-order valence-corrected chi connectivity index (χ1v) is 10.4. The van der Waals surface area contributed by atoms with Gasteiger partial charge in [0.2, 0.25) is 5.91 Å². The van der Waals surface area contributed by atoms with Gasteiger partial charge in [0.05, 0.1) is 22.8 Å². The van der Waals surface area contributed by atoms with Crippen LogP contribution in [0.5, 0.6) is 5.75 Å². The monoisotopic (exact) mass is 468 g/mol. The Morgan fingerprint density at radius 2 is 1.81 bits per heavy atom. The van der Waals surface area contributed by atoms with Gasteiger partial charge in [-0.1, -0.05) is 23.2 Å². The van der Waals surface area contributed by atoms with Crippen molar-refractivity contribution in [2.24, 2.45) is 0 Å². The van der Waals surface area contributed by atoms with E-state index < -0.39 is 5.82 Å². The number of hydrogen-bond donors (Lipinski definition) is 2. The first-order chi connectivity index (χ1) is 14.7. The Morgan fingerprint density at radius 3 is 2.45 bits per heavy atom. The lowest BCUT2D eigenvalue weighted by molar-refractivity contribution is -0.150. The largest absolute Gasteiger partial charge is 0.484 e. The van der Waals surface area contributed by atoms with Crippen LogP contribution in [0.3, 0.4) is 0 Å². The number of halogens is 3. The molecule has 8 nitrogen and oxygen atoms in total. The highest BCUT2D eigenvalue weighted by molar-refractivity contribution is 6.30. The number of rotatable bonds is 8. The van der Waals surface area contributed by atoms with Gasteiger partial charge in [-0.25, -0.2) is 9.07 Å². The van der Waals surface area contributed by atoms with Crippen molar-refractivity contribution in [3.05, 3.63) is 56.7 Å². The predicted molar refractivity (Wildman–Crippen MR) is 111 cm³/mol. The van der Waals surface area contributed by atoms with Crippen LogP contribution in [-0.2, 0) is 16.1 Å². The van der Waals surface area contributed by atoms with Crippen LogP contribution in [-0.4, -0.2) is 39.3 Å². The molecule has 0 spiro atoms. The zero-order valence-electron chi connectivity index (χ0n) is 16.3. The molecule has 2 N–H and O–H groups in total. The van der Waals surface area contributed by atoms with Crippen molar-refractivity contribution in [3.8, 4) is 5.75 Å². The normalized spacial score (nSPS) is 23.3. The fourth-order valence-electron chi connectivity index (χ4n) is 4.25. The van der Waals surface area contributed by atoms with Crippen molar-refractivity contribution in [3.63, 3.8) is 0 Å². The number of nitrogens with one attached hydrogen (secondary N) is 2. The Labute approximate surface area is 186 Å². The molecule has 2 aromatic rings. The molecule has 1 aromatic heterocycles. The van der Waals surface area contributed by atoms with Crippen molar-refractivity contribution in [1.29, 1.82) is 0 Å². The second-order valence-corrected chi connectivity index (χ2v) is 8.88. The van der Waals surface area contributed by atoms with Crippen LogP contribution in [0.25, 0.3) is 0 Å². The van der Waals surface area contributed by atoms with E-state index in [1.807, 2.05) is 0 Å². The van der Waals surface area contributed by atoms with Crippen LogP contribution >= 0.6 is 23.2 Å². The molecule has 0 aliphatic heterocycles. The Morgan fingerprint density at radius 1 is 1.13 bits per heavy atom. The third-order valence-corrected chi connectivity index (χ3v) is 6.00. The number of carbonyl (C=O) groups excluding carboxylic acids is 2. The first kappa shape index (κ1) is 21.6. The van der Waals surface area contributed by atoms with Gasteiger partial charge in [0, 0.05) is 29.6 Å². The van der Waals surface area contributed by atoms with Crippen LogP contribution < -0.4 is 20.9 Å². The van der Waals surface area contributed by atoms with Gasteiger partial charge in [-0.15, -0.1) is 0 Å². The van der Waals surface area contributed by atoms with Gasteiger partial charge < -0.3 is 15.4 Å². The van der Waals surface area contributed by atoms with E-state index in [0.29, 0.717) is 19.3 Å². The summed E-state index contributed by atoms with van der Waals surface area (Å²) in [4.78, 5) is 36.1. The van der Waals surface area contributed by atoms with Crippen LogP contribution in [0.1, 0.15) is 25.7 Å². The van der Waals surface area contributed by atoms with Crippen LogP contribution in [0.4, 0.5) is 4.39 Å². The van der Waals surface area contributed by atoms with Gasteiger partial charge in [-0.2, -0.15) is 5.10 Å². The molecule has 0 radical (unpaired) electrons. The molecule has 3 saturated carbocycles. The smallest absolute Gasteiger partial charge is 0.268 e. The van der Waals surface area contributed by atoms with Crippen molar-refractivity contribution in [2.45, 2.75) is 43.3 Å². The van der Waals surface area contributed by atoms with E-state index >= 15 is 0 Å². The summed E-state index contributed by atoms with van der Waals surface area (Å²) in [6.07, 6.45) is 3.35. The molecule has 3 aliphatic carbocycles. The fourth-order valence-corrected chi connectivity index (χ4v) is 4.50. The van der Waals surface area contributed by atoms with E-state index in [4.69, 9.17) is 27.9 Å². The molecule has 164 valence electrons. The summed E-state index contributed by atoms with van der Waals surface area (Å²) in [5.74, 6) is -0.902. The lowest BCUT2D eigenvalue weighted by Gasteiger charge is -2.70. The maximum atomic E-state index is 13.4. The number of ether oxygens (including phenoxy) is 1. The zero-order chi connectivity index (χ0) is 22.2. The molecule has 1 aromatic carbocycles. The predicted octanol–water partition coefficient (Wildman–Crippen LogP) is 2.07. The minimum Gasteiger partial charge on any atom is -0.484 e. The molecule has 11 heteroatoms. The number of hydrogen-bond acceptors (Lipinski definition) is 5. The second kappa shape index (κ2) is 8.12. The fraction of sp³-hybridized carbons (Fsp3) is 0.400. The lowest BCUT2D eigenvalue weighted by atomic mass is 9.44. The number of nitrogens with zero attached hydrogens (tertiary/aromatic N) is 2. The highest BCUT2D eigenvalue weighted by Gasteiger charge is 2.69.